The van der Waals surface area contributed by atoms with Crippen LogP contribution in [0, 0.1) is 5.82 Å². The van der Waals surface area contributed by atoms with Crippen molar-refractivity contribution in [3.63, 3.8) is 0 Å². The van der Waals surface area contributed by atoms with Gasteiger partial charge in [-0.15, -0.1) is 0 Å². The highest BCUT2D eigenvalue weighted by Crippen LogP contribution is 2.19. The number of carbonyl (C=O) groups excluding carboxylic acids is 2. The Labute approximate surface area is 110 Å². The minimum Gasteiger partial charge on any atom is -0.496 e. The van der Waals surface area contributed by atoms with Crippen molar-refractivity contribution < 1.29 is 23.5 Å². The highest BCUT2D eigenvalue weighted by Gasteiger charge is 2.09. The number of halogens is 1. The molecule has 0 aliphatic heterocycles. The zero-order chi connectivity index (χ0) is 14.3. The van der Waals surface area contributed by atoms with Crippen LogP contribution in [0.25, 0.3) is 0 Å². The molecule has 0 aliphatic rings. The minimum atomic E-state index is -0.596. The summed E-state index contributed by atoms with van der Waals surface area (Å²) in [5.41, 5.74) is 0.654. The second-order valence-corrected chi connectivity index (χ2v) is 3.81. The van der Waals surface area contributed by atoms with Crippen LogP contribution in [0.3, 0.4) is 0 Å². The number of hydrogen-bond donors (Lipinski definition) is 1. The molecule has 0 radical (unpaired) electrons. The topological polar surface area (TPSA) is 64.6 Å². The van der Waals surface area contributed by atoms with Crippen LogP contribution in [0.5, 0.6) is 5.75 Å². The molecule has 0 saturated heterocycles. The highest BCUT2D eigenvalue weighted by atomic mass is 19.1. The third-order valence-electron chi connectivity index (χ3n) is 2.49. The van der Waals surface area contributed by atoms with Crippen LogP contribution in [0.15, 0.2) is 18.2 Å². The smallest absolute Gasteiger partial charge is 0.315 e. The molecule has 0 aromatic heterocycles. The van der Waals surface area contributed by atoms with E-state index in [1.54, 1.807) is 0 Å². The second kappa shape index (κ2) is 7.35. The summed E-state index contributed by atoms with van der Waals surface area (Å²) in [6, 6.07) is 4.18. The van der Waals surface area contributed by atoms with Gasteiger partial charge in [-0.3, -0.25) is 9.59 Å². The van der Waals surface area contributed by atoms with E-state index >= 15 is 0 Å². The molecule has 0 aliphatic carbocycles. The van der Waals surface area contributed by atoms with Crippen LogP contribution < -0.4 is 10.1 Å². The number of amides is 1. The Hall–Kier alpha value is -2.11. The van der Waals surface area contributed by atoms with Crippen molar-refractivity contribution >= 4 is 11.9 Å². The minimum absolute atomic E-state index is 0.287. The van der Waals surface area contributed by atoms with Gasteiger partial charge in [0.25, 0.3) is 0 Å². The van der Waals surface area contributed by atoms with Crippen LogP contribution in [0.4, 0.5) is 4.39 Å². The molecule has 1 aromatic carbocycles. The fourth-order valence-electron chi connectivity index (χ4n) is 1.54. The van der Waals surface area contributed by atoms with E-state index in [4.69, 9.17) is 4.74 Å². The molecule has 0 saturated carbocycles. The van der Waals surface area contributed by atoms with Crippen LogP contribution in [-0.4, -0.2) is 32.6 Å². The Morgan fingerprint density at radius 2 is 2.05 bits per heavy atom. The van der Waals surface area contributed by atoms with Gasteiger partial charge in [-0.05, 0) is 30.2 Å². The molecule has 0 bridgehead atoms. The normalized spacial score (nSPS) is 9.84. The van der Waals surface area contributed by atoms with E-state index in [1.807, 2.05) is 0 Å². The van der Waals surface area contributed by atoms with Gasteiger partial charge >= 0.3 is 5.97 Å². The highest BCUT2D eigenvalue weighted by molar-refractivity contribution is 5.94. The van der Waals surface area contributed by atoms with Crippen LogP contribution in [-0.2, 0) is 20.7 Å². The molecule has 0 atom stereocenters. The van der Waals surface area contributed by atoms with Gasteiger partial charge in [0.2, 0.25) is 5.91 Å². The monoisotopic (exact) mass is 269 g/mol. The van der Waals surface area contributed by atoms with Crippen molar-refractivity contribution in [2.75, 3.05) is 20.8 Å². The number of methoxy groups -OCH3 is 2. The van der Waals surface area contributed by atoms with Gasteiger partial charge in [-0.1, -0.05) is 0 Å². The van der Waals surface area contributed by atoms with Gasteiger partial charge in [0, 0.05) is 6.54 Å². The number of ether oxygens (including phenoxy) is 2. The fraction of sp³-hybridized carbons (Fsp3) is 0.385. The molecule has 1 rings (SSSR count). The zero-order valence-electron chi connectivity index (χ0n) is 10.9. The van der Waals surface area contributed by atoms with E-state index in [0.717, 1.165) is 0 Å². The largest absolute Gasteiger partial charge is 0.496 e. The molecule has 1 amide bonds. The molecule has 0 spiro atoms. The fourth-order valence-corrected chi connectivity index (χ4v) is 1.54. The Morgan fingerprint density at radius 3 is 2.68 bits per heavy atom. The lowest BCUT2D eigenvalue weighted by Gasteiger charge is -2.09. The summed E-state index contributed by atoms with van der Waals surface area (Å²) in [4.78, 5) is 22.2. The van der Waals surface area contributed by atoms with E-state index in [0.29, 0.717) is 17.7 Å². The van der Waals surface area contributed by atoms with Crippen molar-refractivity contribution in [3.05, 3.63) is 29.6 Å². The standard InChI is InChI=1S/C13H16FNO4/c1-18-11-4-3-10(14)7-9(11)5-6-15-12(16)8-13(17)19-2/h3-4,7H,5-6,8H2,1-2H3,(H,15,16). The average molecular weight is 269 g/mol. The maximum Gasteiger partial charge on any atom is 0.315 e. The Morgan fingerprint density at radius 1 is 1.32 bits per heavy atom. The van der Waals surface area contributed by atoms with E-state index < -0.39 is 11.9 Å². The molecule has 0 fully saturated rings. The molecule has 1 N–H and O–H groups in total. The van der Waals surface area contributed by atoms with Crippen molar-refractivity contribution in [1.82, 2.24) is 5.32 Å². The average Bonchev–Trinajstić information content (AvgIpc) is 2.38. The first-order valence-corrected chi connectivity index (χ1v) is 5.72. The first-order chi connectivity index (χ1) is 9.06. The second-order valence-electron chi connectivity index (χ2n) is 3.81. The van der Waals surface area contributed by atoms with Crippen LogP contribution in [0.1, 0.15) is 12.0 Å². The summed E-state index contributed by atoms with van der Waals surface area (Å²) in [7, 11) is 2.71. The molecule has 5 nitrogen and oxygen atoms in total. The number of benzene rings is 1. The number of esters is 1. The Bertz CT molecular complexity index is 462. The van der Waals surface area contributed by atoms with Crippen molar-refractivity contribution in [1.29, 1.82) is 0 Å². The summed E-state index contributed by atoms with van der Waals surface area (Å²) in [6.45, 7) is 0.287. The van der Waals surface area contributed by atoms with Crippen molar-refractivity contribution in [2.24, 2.45) is 0 Å². The predicted octanol–water partition coefficient (Wildman–Crippen LogP) is 1.06. The van der Waals surface area contributed by atoms with Crippen molar-refractivity contribution in [3.8, 4) is 5.75 Å². The molecular weight excluding hydrogens is 253 g/mol. The quantitative estimate of drug-likeness (QED) is 0.619. The van der Waals surface area contributed by atoms with E-state index in [-0.39, 0.29) is 18.8 Å². The lowest BCUT2D eigenvalue weighted by atomic mass is 10.1. The van der Waals surface area contributed by atoms with E-state index in [2.05, 4.69) is 10.1 Å². The summed E-state index contributed by atoms with van der Waals surface area (Å²) in [5, 5.41) is 2.55. The lowest BCUT2D eigenvalue weighted by Crippen LogP contribution is -2.28. The van der Waals surface area contributed by atoms with E-state index in [1.165, 1.54) is 32.4 Å². The molecule has 0 unspecified atom stereocenters. The van der Waals surface area contributed by atoms with E-state index in [9.17, 15) is 14.0 Å². The summed E-state index contributed by atoms with van der Waals surface area (Å²) >= 11 is 0. The Balaban J connectivity index is 2.47. The first-order valence-electron chi connectivity index (χ1n) is 5.72. The lowest BCUT2D eigenvalue weighted by molar-refractivity contribution is -0.143. The first kappa shape index (κ1) is 14.9. The molecule has 19 heavy (non-hydrogen) atoms. The zero-order valence-corrected chi connectivity index (χ0v) is 10.9. The summed E-state index contributed by atoms with van der Waals surface area (Å²) in [6.07, 6.45) is 0.0879. The third kappa shape index (κ3) is 4.95. The SMILES string of the molecule is COC(=O)CC(=O)NCCc1cc(F)ccc1OC. The summed E-state index contributed by atoms with van der Waals surface area (Å²) < 4.78 is 22.5. The molecule has 1 aromatic rings. The molecular formula is C13H16FNO4. The van der Waals surface area contributed by atoms with Crippen LogP contribution >= 0.6 is 0 Å². The third-order valence-corrected chi connectivity index (χ3v) is 2.49. The number of hydrogen-bond acceptors (Lipinski definition) is 4. The van der Waals surface area contributed by atoms with Gasteiger partial charge in [0.05, 0.1) is 14.2 Å². The van der Waals surface area contributed by atoms with Gasteiger partial charge in [0.15, 0.2) is 0 Å². The predicted molar refractivity (Wildman–Crippen MR) is 66.3 cm³/mol. The molecule has 104 valence electrons. The van der Waals surface area contributed by atoms with Crippen molar-refractivity contribution in [2.45, 2.75) is 12.8 Å². The maximum absolute atomic E-state index is 13.1. The number of rotatable bonds is 6. The maximum atomic E-state index is 13.1. The number of carbonyl (C=O) groups is 2. The molecule has 0 heterocycles. The van der Waals surface area contributed by atoms with Gasteiger partial charge in [0.1, 0.15) is 18.0 Å². The number of nitrogens with one attached hydrogen (secondary N) is 1. The molecule has 6 heteroatoms. The summed E-state index contributed by atoms with van der Waals surface area (Å²) in [5.74, 6) is -0.830. The Kier molecular flexibility index (Phi) is 5.78. The van der Waals surface area contributed by atoms with Crippen LogP contribution in [0.2, 0.25) is 0 Å². The van der Waals surface area contributed by atoms with Gasteiger partial charge in [-0.25, -0.2) is 4.39 Å². The van der Waals surface area contributed by atoms with Gasteiger partial charge in [-0.2, -0.15) is 0 Å². The van der Waals surface area contributed by atoms with Gasteiger partial charge < -0.3 is 14.8 Å².